The highest BCUT2D eigenvalue weighted by Gasteiger charge is 2.26. The molecule has 22 heavy (non-hydrogen) atoms. The Morgan fingerprint density at radius 2 is 2.18 bits per heavy atom. The minimum absolute atomic E-state index is 0.00643. The molecule has 1 fully saturated rings. The molecule has 1 aliphatic heterocycles. The molecule has 2 aromatic heterocycles. The molecule has 3 heterocycles. The van der Waals surface area contributed by atoms with Crippen LogP contribution in [0.4, 0.5) is 0 Å². The largest absolute Gasteiger partial charge is 0.332 e. The second-order valence-corrected chi connectivity index (χ2v) is 5.89. The summed E-state index contributed by atoms with van der Waals surface area (Å²) in [5.74, 6) is 0.00643. The van der Waals surface area contributed by atoms with Crippen molar-refractivity contribution in [1.82, 2.24) is 30.2 Å². The number of carbonyl (C=O) groups excluding carboxylic acids is 1. The molecule has 2 N–H and O–H groups in total. The topological polar surface area (TPSA) is 78.8 Å². The predicted molar refractivity (Wildman–Crippen MR) is 83.6 cm³/mol. The van der Waals surface area contributed by atoms with E-state index in [1.54, 1.807) is 0 Å². The van der Waals surface area contributed by atoms with E-state index in [0.717, 1.165) is 42.3 Å². The van der Waals surface area contributed by atoms with E-state index in [0.29, 0.717) is 5.69 Å². The Bertz CT molecular complexity index is 701. The summed E-state index contributed by atoms with van der Waals surface area (Å²) in [5, 5.41) is 14.9. The number of aryl methyl sites for hydroxylation is 2. The third-order valence-corrected chi connectivity index (χ3v) is 4.34. The normalized spacial score (nSPS) is 18.7. The first kappa shape index (κ1) is 14.8. The summed E-state index contributed by atoms with van der Waals surface area (Å²) >= 11 is 0. The number of amides is 1. The van der Waals surface area contributed by atoms with Gasteiger partial charge in [0, 0.05) is 44.0 Å². The highest BCUT2D eigenvalue weighted by atomic mass is 16.2. The van der Waals surface area contributed by atoms with Crippen LogP contribution in [-0.2, 0) is 7.05 Å². The quantitative estimate of drug-likeness (QED) is 0.862. The Labute approximate surface area is 129 Å². The zero-order valence-electron chi connectivity index (χ0n) is 13.5. The third-order valence-electron chi connectivity index (χ3n) is 4.34. The van der Waals surface area contributed by atoms with Gasteiger partial charge >= 0.3 is 0 Å². The van der Waals surface area contributed by atoms with Crippen LogP contribution in [0.5, 0.6) is 0 Å². The summed E-state index contributed by atoms with van der Waals surface area (Å²) < 4.78 is 1.83. The van der Waals surface area contributed by atoms with E-state index in [1.165, 1.54) is 0 Å². The van der Waals surface area contributed by atoms with Gasteiger partial charge in [-0.05, 0) is 26.8 Å². The van der Waals surface area contributed by atoms with Gasteiger partial charge in [-0.25, -0.2) is 0 Å². The lowest BCUT2D eigenvalue weighted by Gasteiger charge is -2.33. The van der Waals surface area contributed by atoms with Crippen molar-refractivity contribution in [1.29, 1.82) is 0 Å². The van der Waals surface area contributed by atoms with Crippen LogP contribution in [0.3, 0.4) is 0 Å². The van der Waals surface area contributed by atoms with E-state index in [-0.39, 0.29) is 11.9 Å². The van der Waals surface area contributed by atoms with Crippen molar-refractivity contribution >= 4 is 5.91 Å². The van der Waals surface area contributed by atoms with Crippen molar-refractivity contribution in [3.63, 3.8) is 0 Å². The number of aromatic amines is 1. The minimum Gasteiger partial charge on any atom is -0.332 e. The summed E-state index contributed by atoms with van der Waals surface area (Å²) in [5.41, 5.74) is 4.26. The SMILES string of the molecule is Cc1nn(C)c(C)c1-c1cc(C(=O)N2CCNCC2C)[nH]n1. The number of piperazine rings is 1. The zero-order chi connectivity index (χ0) is 15.9. The number of carbonyl (C=O) groups is 1. The first-order valence-corrected chi connectivity index (χ1v) is 7.56. The van der Waals surface area contributed by atoms with Gasteiger partial charge in [0.1, 0.15) is 5.69 Å². The summed E-state index contributed by atoms with van der Waals surface area (Å²) in [6.07, 6.45) is 0. The Kier molecular flexibility index (Phi) is 3.74. The number of aromatic nitrogens is 4. The lowest BCUT2D eigenvalue weighted by atomic mass is 10.1. The molecule has 7 nitrogen and oxygen atoms in total. The first-order chi connectivity index (χ1) is 10.5. The van der Waals surface area contributed by atoms with E-state index in [1.807, 2.05) is 36.5 Å². The molecule has 1 saturated heterocycles. The molecule has 3 rings (SSSR count). The van der Waals surface area contributed by atoms with Crippen LogP contribution in [0.2, 0.25) is 0 Å². The Morgan fingerprint density at radius 3 is 2.82 bits per heavy atom. The third kappa shape index (κ3) is 2.41. The van der Waals surface area contributed by atoms with Gasteiger partial charge in [-0.15, -0.1) is 0 Å². The Balaban J connectivity index is 1.89. The van der Waals surface area contributed by atoms with Crippen molar-refractivity contribution < 1.29 is 4.79 Å². The highest BCUT2D eigenvalue weighted by Crippen LogP contribution is 2.25. The van der Waals surface area contributed by atoms with Crippen LogP contribution < -0.4 is 5.32 Å². The Hall–Kier alpha value is -2.15. The number of hydrogen-bond acceptors (Lipinski definition) is 4. The summed E-state index contributed by atoms with van der Waals surface area (Å²) in [6, 6.07) is 2.02. The molecule has 0 aromatic carbocycles. The first-order valence-electron chi connectivity index (χ1n) is 7.56. The van der Waals surface area contributed by atoms with Crippen molar-refractivity contribution in [3.8, 4) is 11.3 Å². The van der Waals surface area contributed by atoms with Gasteiger partial charge in [0.05, 0.1) is 11.4 Å². The zero-order valence-corrected chi connectivity index (χ0v) is 13.5. The standard InChI is InChI=1S/C15H22N6O/c1-9-8-16-5-6-21(9)15(22)13-7-12(17-18-13)14-10(2)19-20(4)11(14)3/h7,9,16H,5-6,8H2,1-4H3,(H,17,18). The molecule has 0 aliphatic carbocycles. The van der Waals surface area contributed by atoms with Crippen LogP contribution in [0.1, 0.15) is 28.8 Å². The fourth-order valence-corrected chi connectivity index (χ4v) is 3.00. The van der Waals surface area contributed by atoms with Crippen LogP contribution in [0.15, 0.2) is 6.07 Å². The van der Waals surface area contributed by atoms with Crippen LogP contribution in [-0.4, -0.2) is 56.5 Å². The maximum Gasteiger partial charge on any atom is 0.272 e. The molecule has 1 amide bonds. The fourth-order valence-electron chi connectivity index (χ4n) is 3.00. The molecule has 1 unspecified atom stereocenters. The van der Waals surface area contributed by atoms with E-state index in [2.05, 4.69) is 27.5 Å². The second kappa shape index (κ2) is 5.57. The molecule has 7 heteroatoms. The number of nitrogens with one attached hydrogen (secondary N) is 2. The number of hydrogen-bond donors (Lipinski definition) is 2. The predicted octanol–water partition coefficient (Wildman–Crippen LogP) is 0.861. The van der Waals surface area contributed by atoms with E-state index in [9.17, 15) is 4.79 Å². The van der Waals surface area contributed by atoms with Crippen LogP contribution in [0, 0.1) is 13.8 Å². The molecule has 0 radical (unpaired) electrons. The van der Waals surface area contributed by atoms with Gasteiger partial charge in [-0.2, -0.15) is 10.2 Å². The van der Waals surface area contributed by atoms with Crippen molar-refractivity contribution in [2.24, 2.45) is 7.05 Å². The lowest BCUT2D eigenvalue weighted by molar-refractivity contribution is 0.0649. The monoisotopic (exact) mass is 302 g/mol. The molecular weight excluding hydrogens is 280 g/mol. The molecule has 1 aliphatic rings. The van der Waals surface area contributed by atoms with Crippen molar-refractivity contribution in [2.75, 3.05) is 19.6 Å². The van der Waals surface area contributed by atoms with Crippen LogP contribution >= 0.6 is 0 Å². The second-order valence-electron chi connectivity index (χ2n) is 5.89. The summed E-state index contributed by atoms with van der Waals surface area (Å²) in [6.45, 7) is 8.39. The van der Waals surface area contributed by atoms with Crippen molar-refractivity contribution in [3.05, 3.63) is 23.1 Å². The van der Waals surface area contributed by atoms with Gasteiger partial charge in [-0.1, -0.05) is 0 Å². The van der Waals surface area contributed by atoms with Gasteiger partial charge in [0.2, 0.25) is 0 Å². The number of rotatable bonds is 2. The van der Waals surface area contributed by atoms with Gasteiger partial charge in [0.25, 0.3) is 5.91 Å². The van der Waals surface area contributed by atoms with E-state index < -0.39 is 0 Å². The van der Waals surface area contributed by atoms with E-state index >= 15 is 0 Å². The highest BCUT2D eigenvalue weighted by molar-refractivity contribution is 5.93. The van der Waals surface area contributed by atoms with Crippen molar-refractivity contribution in [2.45, 2.75) is 26.8 Å². The summed E-state index contributed by atoms with van der Waals surface area (Å²) in [7, 11) is 1.91. The maximum atomic E-state index is 12.6. The lowest BCUT2D eigenvalue weighted by Crippen LogP contribution is -2.52. The van der Waals surface area contributed by atoms with Crippen LogP contribution in [0.25, 0.3) is 11.3 Å². The van der Waals surface area contributed by atoms with Gasteiger partial charge in [0.15, 0.2) is 0 Å². The minimum atomic E-state index is 0.00643. The molecule has 118 valence electrons. The smallest absolute Gasteiger partial charge is 0.272 e. The number of H-pyrrole nitrogens is 1. The molecule has 0 saturated carbocycles. The average molecular weight is 302 g/mol. The molecule has 0 bridgehead atoms. The average Bonchev–Trinajstić information content (AvgIpc) is 3.05. The molecule has 2 aromatic rings. The molecule has 1 atom stereocenters. The summed E-state index contributed by atoms with van der Waals surface area (Å²) in [4.78, 5) is 14.5. The molecular formula is C15H22N6O. The maximum absolute atomic E-state index is 12.6. The molecule has 0 spiro atoms. The number of nitrogens with zero attached hydrogens (tertiary/aromatic N) is 4. The Morgan fingerprint density at radius 1 is 1.41 bits per heavy atom. The van der Waals surface area contributed by atoms with Gasteiger partial charge < -0.3 is 10.2 Å². The fraction of sp³-hybridized carbons (Fsp3) is 0.533. The van der Waals surface area contributed by atoms with Gasteiger partial charge in [-0.3, -0.25) is 14.6 Å². The van der Waals surface area contributed by atoms with E-state index in [4.69, 9.17) is 0 Å².